The van der Waals surface area contributed by atoms with Gasteiger partial charge in [0.1, 0.15) is 11.8 Å². The Hall–Kier alpha value is -3.34. The van der Waals surface area contributed by atoms with Crippen molar-refractivity contribution in [3.05, 3.63) is 35.5 Å². The molecule has 1 fully saturated rings. The van der Waals surface area contributed by atoms with E-state index >= 15 is 0 Å². The summed E-state index contributed by atoms with van der Waals surface area (Å²) < 4.78 is 5.47. The number of benzene rings is 1. The zero-order chi connectivity index (χ0) is 22.4. The number of nitrogens with one attached hydrogen (secondary N) is 1. The van der Waals surface area contributed by atoms with Gasteiger partial charge in [0.15, 0.2) is 11.4 Å². The number of ether oxygens (including phenoxy) is 1. The number of hydrogen-bond donors (Lipinski definition) is 2. The molecule has 0 saturated carbocycles. The minimum Gasteiger partial charge on any atom is -0.461 e. The number of rotatable bonds is 6. The number of likely N-dealkylation sites (tertiary alicyclic amines) is 1. The lowest BCUT2D eigenvalue weighted by atomic mass is 9.95. The van der Waals surface area contributed by atoms with Crippen LogP contribution in [0.1, 0.15) is 39.5 Å². The smallest absolute Gasteiger partial charge is 0.351 e. The van der Waals surface area contributed by atoms with Gasteiger partial charge in [-0.05, 0) is 30.9 Å². The molecule has 0 radical (unpaired) electrons. The van der Waals surface area contributed by atoms with E-state index in [1.807, 2.05) is 49.1 Å². The predicted octanol–water partition coefficient (Wildman–Crippen LogP) is 3.10. The van der Waals surface area contributed by atoms with E-state index < -0.39 is 5.97 Å². The van der Waals surface area contributed by atoms with Crippen molar-refractivity contribution < 1.29 is 14.3 Å². The Balaban J connectivity index is 1.93. The maximum Gasteiger partial charge on any atom is 0.351 e. The lowest BCUT2D eigenvalue weighted by Gasteiger charge is -2.35. The van der Waals surface area contributed by atoms with Crippen molar-refractivity contribution in [2.24, 2.45) is 22.6 Å². The molecule has 0 unspecified atom stereocenters. The van der Waals surface area contributed by atoms with Gasteiger partial charge >= 0.3 is 5.97 Å². The molecule has 0 atom stereocenters. The number of anilines is 1. The average molecular weight is 424 g/mol. The second kappa shape index (κ2) is 10.1. The number of nitriles is 1. The van der Waals surface area contributed by atoms with Gasteiger partial charge in [0, 0.05) is 19.0 Å². The van der Waals surface area contributed by atoms with Gasteiger partial charge in [0.05, 0.1) is 18.0 Å². The number of amides is 1. The summed E-state index contributed by atoms with van der Waals surface area (Å²) in [5.74, 6) is -0.357. The molecule has 8 nitrogen and oxygen atoms in total. The number of fused-ring (bicyclic) bond motifs is 1. The fraction of sp³-hybridized carbons (Fsp3) is 0.478. The highest BCUT2D eigenvalue weighted by molar-refractivity contribution is 6.12. The highest BCUT2D eigenvalue weighted by Gasteiger charge is 2.32. The molecule has 31 heavy (non-hydrogen) atoms. The molecule has 3 rings (SSSR count). The molecule has 0 spiro atoms. The van der Waals surface area contributed by atoms with Crippen molar-refractivity contribution in [1.82, 2.24) is 4.90 Å². The van der Waals surface area contributed by atoms with Gasteiger partial charge < -0.3 is 20.7 Å². The average Bonchev–Trinajstić information content (AvgIpc) is 2.79. The highest BCUT2D eigenvalue weighted by Crippen LogP contribution is 2.33. The molecular weight excluding hydrogens is 394 g/mol. The molecule has 0 aliphatic carbocycles. The summed E-state index contributed by atoms with van der Waals surface area (Å²) in [5, 5.41) is 13.0. The molecule has 0 bridgehead atoms. The third-order valence-electron chi connectivity index (χ3n) is 5.98. The van der Waals surface area contributed by atoms with Gasteiger partial charge in [-0.2, -0.15) is 5.26 Å². The van der Waals surface area contributed by atoms with E-state index in [1.54, 1.807) is 0 Å². The van der Waals surface area contributed by atoms with Crippen LogP contribution in [0.5, 0.6) is 0 Å². The van der Waals surface area contributed by atoms with Crippen LogP contribution in [0.15, 0.2) is 40.5 Å². The Morgan fingerprint density at radius 3 is 2.58 bits per heavy atom. The van der Waals surface area contributed by atoms with E-state index in [1.165, 1.54) is 0 Å². The Morgan fingerprint density at radius 1 is 1.29 bits per heavy atom. The standard InChI is InChI=1S/C23H29N5O3/c1-3-15(4-2)14-31-23(30)17(13-24)20-22(27-19-8-6-5-7-18(19)26-20)28-11-9-16(10-12-28)21(25)29/h5-8,15-16,26H,3-4,9-12,14H2,1-2H3,(H2,25,29)/b20-17+. The van der Waals surface area contributed by atoms with Crippen LogP contribution in [-0.2, 0) is 14.3 Å². The van der Waals surface area contributed by atoms with Crippen molar-refractivity contribution in [3.63, 3.8) is 0 Å². The third-order valence-corrected chi connectivity index (χ3v) is 5.98. The van der Waals surface area contributed by atoms with Crippen molar-refractivity contribution in [3.8, 4) is 6.07 Å². The number of para-hydroxylation sites is 2. The van der Waals surface area contributed by atoms with Crippen LogP contribution in [0.3, 0.4) is 0 Å². The molecule has 1 aromatic carbocycles. The molecule has 0 aromatic heterocycles. The first-order valence-corrected chi connectivity index (χ1v) is 10.8. The third kappa shape index (κ3) is 5.05. The zero-order valence-electron chi connectivity index (χ0n) is 18.1. The minimum absolute atomic E-state index is 0.101. The van der Waals surface area contributed by atoms with Gasteiger partial charge in [-0.3, -0.25) is 4.79 Å². The summed E-state index contributed by atoms with van der Waals surface area (Å²) in [6.45, 7) is 5.48. The van der Waals surface area contributed by atoms with Crippen LogP contribution < -0.4 is 11.1 Å². The van der Waals surface area contributed by atoms with Gasteiger partial charge in [0.2, 0.25) is 5.91 Å². The van der Waals surface area contributed by atoms with Crippen LogP contribution in [-0.4, -0.2) is 42.3 Å². The molecule has 3 N–H and O–H groups in total. The first-order chi connectivity index (χ1) is 15.0. The summed E-state index contributed by atoms with van der Waals surface area (Å²) in [7, 11) is 0. The number of piperidine rings is 1. The van der Waals surface area contributed by atoms with E-state index in [0.29, 0.717) is 43.2 Å². The fourth-order valence-corrected chi connectivity index (χ4v) is 3.81. The quantitative estimate of drug-likeness (QED) is 0.412. The zero-order valence-corrected chi connectivity index (χ0v) is 18.1. The Labute approximate surface area is 182 Å². The molecule has 2 aliphatic heterocycles. The van der Waals surface area contributed by atoms with Gasteiger partial charge in [0.25, 0.3) is 0 Å². The maximum absolute atomic E-state index is 12.8. The number of hydrogen-bond acceptors (Lipinski definition) is 7. The summed E-state index contributed by atoms with van der Waals surface area (Å²) in [4.78, 5) is 31.1. The Kier molecular flexibility index (Phi) is 7.29. The number of carbonyl (C=O) groups is 2. The summed E-state index contributed by atoms with van der Waals surface area (Å²) in [6.07, 6.45) is 3.00. The number of nitrogens with two attached hydrogens (primary N) is 1. The van der Waals surface area contributed by atoms with E-state index in [-0.39, 0.29) is 29.9 Å². The monoisotopic (exact) mass is 423 g/mol. The van der Waals surface area contributed by atoms with Crippen molar-refractivity contribution in [2.75, 3.05) is 25.0 Å². The second-order valence-corrected chi connectivity index (χ2v) is 7.88. The number of aliphatic imine (C=N–C) groups is 1. The van der Waals surface area contributed by atoms with Gasteiger partial charge in [-0.1, -0.05) is 38.8 Å². The molecule has 1 aromatic rings. The first kappa shape index (κ1) is 22.3. The number of amidine groups is 1. The van der Waals surface area contributed by atoms with Crippen LogP contribution in [0.4, 0.5) is 11.4 Å². The molecule has 2 heterocycles. The second-order valence-electron chi connectivity index (χ2n) is 7.88. The Bertz CT molecular complexity index is 935. The van der Waals surface area contributed by atoms with Gasteiger partial charge in [-0.15, -0.1) is 0 Å². The molecule has 1 saturated heterocycles. The Morgan fingerprint density at radius 2 is 1.97 bits per heavy atom. The highest BCUT2D eigenvalue weighted by atomic mass is 16.5. The van der Waals surface area contributed by atoms with E-state index in [2.05, 4.69) is 5.32 Å². The minimum atomic E-state index is -0.656. The summed E-state index contributed by atoms with van der Waals surface area (Å²) >= 11 is 0. The van der Waals surface area contributed by atoms with E-state index in [0.717, 1.165) is 18.5 Å². The van der Waals surface area contributed by atoms with Gasteiger partial charge in [-0.25, -0.2) is 9.79 Å². The number of nitrogens with zero attached hydrogens (tertiary/aromatic N) is 3. The molecule has 2 aliphatic rings. The number of esters is 1. The van der Waals surface area contributed by atoms with Crippen molar-refractivity contribution in [2.45, 2.75) is 39.5 Å². The van der Waals surface area contributed by atoms with Crippen LogP contribution >= 0.6 is 0 Å². The lowest BCUT2D eigenvalue weighted by Crippen LogP contribution is -2.44. The van der Waals surface area contributed by atoms with Crippen LogP contribution in [0.25, 0.3) is 0 Å². The summed E-state index contributed by atoms with van der Waals surface area (Å²) in [5.41, 5.74) is 7.14. The van der Waals surface area contributed by atoms with Crippen LogP contribution in [0, 0.1) is 23.2 Å². The van der Waals surface area contributed by atoms with E-state index in [4.69, 9.17) is 15.5 Å². The summed E-state index contributed by atoms with van der Waals surface area (Å²) in [6, 6.07) is 9.47. The van der Waals surface area contributed by atoms with Crippen molar-refractivity contribution >= 4 is 29.1 Å². The molecule has 8 heteroatoms. The number of primary amides is 1. The van der Waals surface area contributed by atoms with E-state index in [9.17, 15) is 14.9 Å². The molecule has 1 amide bonds. The topological polar surface area (TPSA) is 121 Å². The largest absolute Gasteiger partial charge is 0.461 e. The first-order valence-electron chi connectivity index (χ1n) is 10.8. The lowest BCUT2D eigenvalue weighted by molar-refractivity contribution is -0.140. The number of carbonyl (C=O) groups excluding carboxylic acids is 2. The SMILES string of the molecule is CCC(CC)COC(=O)/C(C#N)=C1/Nc2ccccc2N=C1N1CCC(C(N)=O)CC1. The fourth-order valence-electron chi connectivity index (χ4n) is 3.81. The van der Waals surface area contributed by atoms with Crippen LogP contribution in [0.2, 0.25) is 0 Å². The van der Waals surface area contributed by atoms with Crippen molar-refractivity contribution in [1.29, 1.82) is 5.26 Å². The normalized spacial score (nSPS) is 17.9. The molecule has 164 valence electrons. The maximum atomic E-state index is 12.8. The predicted molar refractivity (Wildman–Crippen MR) is 118 cm³/mol. The molecular formula is C23H29N5O3.